The van der Waals surface area contributed by atoms with Crippen LogP contribution in [-0.4, -0.2) is 55.8 Å². The summed E-state index contributed by atoms with van der Waals surface area (Å²) in [6.07, 6.45) is 5.01. The monoisotopic (exact) mass is 634 g/mol. The Balaban J connectivity index is 2.30. The molecular formula is C34H58O7Si2. The van der Waals surface area contributed by atoms with Gasteiger partial charge in [0.05, 0.1) is 18.1 Å². The molecule has 1 aromatic carbocycles. The van der Waals surface area contributed by atoms with E-state index in [0.29, 0.717) is 43.6 Å². The number of methoxy groups -OCH3 is 1. The van der Waals surface area contributed by atoms with Crippen LogP contribution in [0, 0.1) is 11.3 Å². The number of carbonyl (C=O) groups is 2. The van der Waals surface area contributed by atoms with Crippen LogP contribution in [0.4, 0.5) is 0 Å². The van der Waals surface area contributed by atoms with Crippen molar-refractivity contribution in [3.8, 4) is 5.75 Å². The molecule has 1 fully saturated rings. The lowest BCUT2D eigenvalue weighted by Gasteiger charge is -2.54. The van der Waals surface area contributed by atoms with E-state index in [1.807, 2.05) is 20.8 Å². The number of Topliss-reactive ketones (excluding diaryl/α,β-unsaturated/α-hetero) is 1. The van der Waals surface area contributed by atoms with E-state index in [9.17, 15) is 9.59 Å². The Hall–Kier alpha value is -1.53. The van der Waals surface area contributed by atoms with Crippen LogP contribution >= 0.6 is 0 Å². The smallest absolute Gasteiger partial charge is 0.501 e. The lowest BCUT2D eigenvalue weighted by Crippen LogP contribution is -2.53. The van der Waals surface area contributed by atoms with Gasteiger partial charge < -0.3 is 22.4 Å². The molecule has 7 nitrogen and oxygen atoms in total. The van der Waals surface area contributed by atoms with E-state index < -0.39 is 22.5 Å². The molecule has 0 amide bonds. The normalized spacial score (nSPS) is 24.2. The van der Waals surface area contributed by atoms with Crippen LogP contribution in [0.5, 0.6) is 5.75 Å². The van der Waals surface area contributed by atoms with Crippen LogP contribution in [0.1, 0.15) is 115 Å². The molecule has 0 aliphatic heterocycles. The van der Waals surface area contributed by atoms with Gasteiger partial charge in [-0.2, -0.15) is 0 Å². The summed E-state index contributed by atoms with van der Waals surface area (Å²) in [4.78, 5) is 26.8. The molecule has 9 heteroatoms. The Morgan fingerprint density at radius 1 is 1.00 bits per heavy atom. The molecule has 0 aromatic heterocycles. The Kier molecular flexibility index (Phi) is 11.2. The number of benzene rings is 1. The summed E-state index contributed by atoms with van der Waals surface area (Å²) in [7, 11) is -3.77. The summed E-state index contributed by atoms with van der Waals surface area (Å²) in [5.74, 6) is 0.718. The zero-order valence-corrected chi connectivity index (χ0v) is 31.1. The van der Waals surface area contributed by atoms with Crippen molar-refractivity contribution in [1.29, 1.82) is 0 Å². The van der Waals surface area contributed by atoms with E-state index in [2.05, 4.69) is 53.8 Å². The highest BCUT2D eigenvalue weighted by molar-refractivity contribution is 6.74. The molecule has 1 aromatic rings. The van der Waals surface area contributed by atoms with Gasteiger partial charge in [0.25, 0.3) is 8.32 Å². The SMILES string of the molecule is CCO[Si](CCc1c2c(cc(O[Si](C)(C)C(C)(C)C)c1C(C)=O)[C@@]1(C)CCC[C@](C)(C(=O)OC)C1CC2)(OCC)OCC. The number of hydrogen-bond acceptors (Lipinski definition) is 7. The highest BCUT2D eigenvalue weighted by Crippen LogP contribution is 2.59. The molecule has 1 saturated carbocycles. The van der Waals surface area contributed by atoms with Crippen molar-refractivity contribution in [3.05, 3.63) is 28.3 Å². The zero-order chi connectivity index (χ0) is 32.4. The highest BCUT2D eigenvalue weighted by atomic mass is 28.4. The molecule has 2 aliphatic carbocycles. The minimum atomic E-state index is -2.98. The molecule has 0 spiro atoms. The molecule has 0 heterocycles. The minimum absolute atomic E-state index is 0.0123. The molecule has 0 saturated heterocycles. The number of fused-ring (bicyclic) bond motifs is 3. The van der Waals surface area contributed by atoms with E-state index in [1.54, 1.807) is 6.92 Å². The van der Waals surface area contributed by atoms with E-state index in [0.717, 1.165) is 37.7 Å². The van der Waals surface area contributed by atoms with E-state index in [4.69, 9.17) is 22.4 Å². The summed E-state index contributed by atoms with van der Waals surface area (Å²) < 4.78 is 31.1. The highest BCUT2D eigenvalue weighted by Gasteiger charge is 2.56. The quantitative estimate of drug-likeness (QED) is 0.123. The van der Waals surface area contributed by atoms with E-state index in [-0.39, 0.29) is 28.1 Å². The lowest BCUT2D eigenvalue weighted by molar-refractivity contribution is -0.161. The largest absolute Gasteiger partial charge is 0.543 e. The molecular weight excluding hydrogens is 577 g/mol. The maximum atomic E-state index is 13.6. The fraction of sp³-hybridized carbons (Fsp3) is 0.765. The fourth-order valence-corrected chi connectivity index (χ4v) is 11.2. The van der Waals surface area contributed by atoms with Gasteiger partial charge in [-0.1, -0.05) is 34.1 Å². The second-order valence-electron chi connectivity index (χ2n) is 14.4. The van der Waals surface area contributed by atoms with Gasteiger partial charge in [0.15, 0.2) is 5.78 Å². The fourth-order valence-electron chi connectivity index (χ4n) is 7.60. The van der Waals surface area contributed by atoms with Crippen LogP contribution in [0.15, 0.2) is 6.07 Å². The zero-order valence-electron chi connectivity index (χ0n) is 29.1. The van der Waals surface area contributed by atoms with E-state index >= 15 is 0 Å². The average molecular weight is 635 g/mol. The van der Waals surface area contributed by atoms with Gasteiger partial charge in [-0.3, -0.25) is 9.59 Å². The topological polar surface area (TPSA) is 80.3 Å². The van der Waals surface area contributed by atoms with Crippen molar-refractivity contribution in [2.75, 3.05) is 26.9 Å². The van der Waals surface area contributed by atoms with Gasteiger partial charge in [-0.15, -0.1) is 0 Å². The molecule has 244 valence electrons. The van der Waals surface area contributed by atoms with Crippen LogP contribution < -0.4 is 4.43 Å². The number of ketones is 1. The second kappa shape index (κ2) is 13.5. The van der Waals surface area contributed by atoms with Crippen molar-refractivity contribution in [1.82, 2.24) is 0 Å². The van der Waals surface area contributed by atoms with E-state index in [1.165, 1.54) is 18.2 Å². The Bertz CT molecular complexity index is 1160. The standard InChI is InChI=1S/C34H58O7Si2/c1-13-38-43(39-14-2,40-15-3)22-19-26-25-17-18-29-33(8,20-16-21-34(29,9)31(36)37-10)27(25)23-28(30(26)24(4)35)41-42(11,12)32(5,6)7/h23,29H,13-22H2,1-12H3/t29?,33-,34+/m1/s1. The molecule has 0 radical (unpaired) electrons. The van der Waals surface area contributed by atoms with Crippen molar-refractivity contribution in [2.45, 2.75) is 130 Å². The van der Waals surface area contributed by atoms with Crippen LogP contribution in [0.25, 0.3) is 0 Å². The van der Waals surface area contributed by atoms with Crippen LogP contribution in [-0.2, 0) is 41.1 Å². The first kappa shape index (κ1) is 35.9. The lowest BCUT2D eigenvalue weighted by atomic mass is 9.49. The van der Waals surface area contributed by atoms with Gasteiger partial charge in [0.1, 0.15) is 5.75 Å². The Labute approximate surface area is 263 Å². The number of rotatable bonds is 13. The van der Waals surface area contributed by atoms with Gasteiger partial charge in [0, 0.05) is 25.9 Å². The van der Waals surface area contributed by atoms with Crippen LogP contribution in [0.2, 0.25) is 24.2 Å². The number of esters is 1. The van der Waals surface area contributed by atoms with Crippen molar-refractivity contribution >= 4 is 28.9 Å². The maximum Gasteiger partial charge on any atom is 0.501 e. The minimum Gasteiger partial charge on any atom is -0.543 e. The first-order chi connectivity index (χ1) is 20.0. The van der Waals surface area contributed by atoms with Crippen molar-refractivity contribution < 1.29 is 32.0 Å². The molecule has 0 N–H and O–H groups in total. The summed E-state index contributed by atoms with van der Waals surface area (Å²) in [6, 6.07) is 2.77. The molecule has 3 atom stereocenters. The average Bonchev–Trinajstić information content (AvgIpc) is 2.90. The maximum absolute atomic E-state index is 13.6. The molecule has 0 bridgehead atoms. The number of hydrogen-bond donors (Lipinski definition) is 0. The number of ether oxygens (including phenoxy) is 1. The summed E-state index contributed by atoms with van der Waals surface area (Å²) >= 11 is 0. The summed E-state index contributed by atoms with van der Waals surface area (Å²) in [5.41, 5.74) is 3.37. The van der Waals surface area contributed by atoms with Crippen LogP contribution in [0.3, 0.4) is 0 Å². The third-order valence-electron chi connectivity index (χ3n) is 10.7. The van der Waals surface area contributed by atoms with Gasteiger partial charge >= 0.3 is 14.8 Å². The second-order valence-corrected chi connectivity index (χ2v) is 21.9. The predicted molar refractivity (Wildman–Crippen MR) is 177 cm³/mol. The third-order valence-corrected chi connectivity index (χ3v) is 18.1. The van der Waals surface area contributed by atoms with Gasteiger partial charge in [-0.05, 0) is 119 Å². The Morgan fingerprint density at radius 3 is 2.07 bits per heavy atom. The molecule has 43 heavy (non-hydrogen) atoms. The van der Waals surface area contributed by atoms with Crippen molar-refractivity contribution in [3.63, 3.8) is 0 Å². The van der Waals surface area contributed by atoms with Crippen molar-refractivity contribution in [2.24, 2.45) is 11.3 Å². The van der Waals surface area contributed by atoms with Gasteiger partial charge in [0.2, 0.25) is 0 Å². The molecule has 1 unspecified atom stereocenters. The van der Waals surface area contributed by atoms with Gasteiger partial charge in [-0.25, -0.2) is 0 Å². The first-order valence-corrected chi connectivity index (χ1v) is 21.2. The molecule has 3 rings (SSSR count). The molecule has 2 aliphatic rings. The number of carbonyl (C=O) groups excluding carboxylic acids is 2. The predicted octanol–water partition coefficient (Wildman–Crippen LogP) is 8.05. The first-order valence-electron chi connectivity index (χ1n) is 16.4. The summed E-state index contributed by atoms with van der Waals surface area (Å²) in [5, 5.41) is -0.0428. The summed E-state index contributed by atoms with van der Waals surface area (Å²) in [6.45, 7) is 24.6. The Morgan fingerprint density at radius 2 is 1.58 bits per heavy atom. The third kappa shape index (κ3) is 6.86.